The predicted molar refractivity (Wildman–Crippen MR) is 83.3 cm³/mol. The molecule has 0 saturated heterocycles. The summed E-state index contributed by atoms with van der Waals surface area (Å²) in [6.07, 6.45) is 2.21. The van der Waals surface area contributed by atoms with Crippen molar-refractivity contribution < 1.29 is 18.3 Å². The average Bonchev–Trinajstić information content (AvgIpc) is 2.70. The largest absolute Gasteiger partial charge is 0.469 e. The fraction of sp³-hybridized carbons (Fsp3) is 0.316. The highest BCUT2D eigenvalue weighted by molar-refractivity contribution is 5.69. The number of fused-ring (bicyclic) bond motifs is 2. The van der Waals surface area contributed by atoms with Gasteiger partial charge < -0.3 is 4.74 Å². The van der Waals surface area contributed by atoms with Crippen LogP contribution in [0.25, 0.3) is 0 Å². The number of benzene rings is 2. The molecule has 3 rings (SSSR count). The van der Waals surface area contributed by atoms with Crippen LogP contribution in [0.5, 0.6) is 0 Å². The zero-order chi connectivity index (χ0) is 16.4. The molecule has 0 amide bonds. The predicted octanol–water partition coefficient (Wildman–Crippen LogP) is 4.15. The Kier molecular flexibility index (Phi) is 4.42. The maximum Gasteiger partial charge on any atom is 0.305 e. The minimum Gasteiger partial charge on any atom is -0.469 e. The molecule has 0 saturated carbocycles. The third-order valence-electron chi connectivity index (χ3n) is 4.52. The number of carbonyl (C=O) groups excluding carboxylic acids is 1. The summed E-state index contributed by atoms with van der Waals surface area (Å²) in [6, 6.07) is 10.5. The first-order chi connectivity index (χ1) is 11.1. The number of hydrogen-bond acceptors (Lipinski definition) is 2. The van der Waals surface area contributed by atoms with Gasteiger partial charge in [0.15, 0.2) is 11.6 Å². The van der Waals surface area contributed by atoms with Crippen LogP contribution in [0.3, 0.4) is 0 Å². The second kappa shape index (κ2) is 6.49. The van der Waals surface area contributed by atoms with Crippen molar-refractivity contribution in [2.75, 3.05) is 7.11 Å². The Morgan fingerprint density at radius 1 is 1.09 bits per heavy atom. The lowest BCUT2D eigenvalue weighted by atomic mass is 9.84. The van der Waals surface area contributed by atoms with Gasteiger partial charge in [-0.3, -0.25) is 4.79 Å². The fourth-order valence-electron chi connectivity index (χ4n) is 3.36. The molecule has 1 atom stereocenters. The molecule has 1 aliphatic rings. The molecule has 0 bridgehead atoms. The van der Waals surface area contributed by atoms with E-state index in [-0.39, 0.29) is 18.3 Å². The van der Waals surface area contributed by atoms with Crippen LogP contribution in [0.4, 0.5) is 8.78 Å². The molecular formula is C19H18F2O2. The molecule has 0 fully saturated rings. The first-order valence-electron chi connectivity index (χ1n) is 7.72. The van der Waals surface area contributed by atoms with Crippen LogP contribution in [-0.2, 0) is 22.4 Å². The smallest absolute Gasteiger partial charge is 0.305 e. The first kappa shape index (κ1) is 15.7. The Balaban J connectivity index is 2.07. The van der Waals surface area contributed by atoms with E-state index in [1.807, 2.05) is 24.3 Å². The van der Waals surface area contributed by atoms with Crippen molar-refractivity contribution in [3.8, 4) is 0 Å². The molecule has 0 spiro atoms. The minimum atomic E-state index is -0.841. The summed E-state index contributed by atoms with van der Waals surface area (Å²) in [4.78, 5) is 11.5. The maximum absolute atomic E-state index is 13.8. The highest BCUT2D eigenvalue weighted by Gasteiger charge is 2.25. The number of esters is 1. The number of ether oxygens (including phenoxy) is 1. The quantitative estimate of drug-likeness (QED) is 0.795. The lowest BCUT2D eigenvalue weighted by Crippen LogP contribution is -2.09. The van der Waals surface area contributed by atoms with Crippen molar-refractivity contribution >= 4 is 5.97 Å². The number of hydrogen-bond donors (Lipinski definition) is 0. The van der Waals surface area contributed by atoms with Gasteiger partial charge in [0.2, 0.25) is 0 Å². The number of methoxy groups -OCH3 is 1. The van der Waals surface area contributed by atoms with Crippen LogP contribution >= 0.6 is 0 Å². The molecule has 2 nitrogen and oxygen atoms in total. The summed E-state index contributed by atoms with van der Waals surface area (Å²) in [5, 5.41) is 0. The van der Waals surface area contributed by atoms with Crippen molar-refractivity contribution in [3.05, 3.63) is 70.3 Å². The van der Waals surface area contributed by atoms with Gasteiger partial charge in [-0.15, -0.1) is 0 Å². The van der Waals surface area contributed by atoms with Gasteiger partial charge >= 0.3 is 5.97 Å². The third kappa shape index (κ3) is 3.11. The van der Waals surface area contributed by atoms with E-state index in [1.165, 1.54) is 24.8 Å². The van der Waals surface area contributed by atoms with Crippen LogP contribution in [0.1, 0.15) is 41.0 Å². The second-order valence-electron chi connectivity index (χ2n) is 5.83. The van der Waals surface area contributed by atoms with E-state index in [9.17, 15) is 13.6 Å². The van der Waals surface area contributed by atoms with E-state index < -0.39 is 11.6 Å². The molecule has 0 N–H and O–H groups in total. The van der Waals surface area contributed by atoms with Crippen LogP contribution in [0.15, 0.2) is 36.4 Å². The highest BCUT2D eigenvalue weighted by Crippen LogP contribution is 2.38. The van der Waals surface area contributed by atoms with Crippen molar-refractivity contribution in [2.45, 2.75) is 31.6 Å². The molecule has 120 valence electrons. The monoisotopic (exact) mass is 316 g/mol. The molecule has 23 heavy (non-hydrogen) atoms. The molecule has 2 aromatic rings. The Labute approximate surface area is 134 Å². The molecule has 4 heteroatoms. The molecule has 1 unspecified atom stereocenters. The van der Waals surface area contributed by atoms with Crippen molar-refractivity contribution in [1.29, 1.82) is 0 Å². The van der Waals surface area contributed by atoms with Gasteiger partial charge in [-0.05, 0) is 53.6 Å². The molecule has 1 aliphatic carbocycles. The Bertz CT molecular complexity index is 740. The van der Waals surface area contributed by atoms with Gasteiger partial charge in [-0.2, -0.15) is 0 Å². The maximum atomic E-state index is 13.8. The van der Waals surface area contributed by atoms with Crippen LogP contribution in [-0.4, -0.2) is 13.1 Å². The van der Waals surface area contributed by atoms with Gasteiger partial charge in [0.1, 0.15) is 0 Å². The molecule has 0 aromatic heterocycles. The normalized spacial score (nSPS) is 16.2. The Morgan fingerprint density at radius 3 is 2.57 bits per heavy atom. The summed E-state index contributed by atoms with van der Waals surface area (Å²) in [7, 11) is 1.35. The average molecular weight is 316 g/mol. The fourth-order valence-corrected chi connectivity index (χ4v) is 3.36. The van der Waals surface area contributed by atoms with Gasteiger partial charge in [-0.25, -0.2) is 8.78 Å². The van der Waals surface area contributed by atoms with Crippen molar-refractivity contribution in [2.24, 2.45) is 0 Å². The lowest BCUT2D eigenvalue weighted by Gasteiger charge is -2.20. The molecule has 0 heterocycles. The van der Waals surface area contributed by atoms with E-state index in [0.29, 0.717) is 12.8 Å². The van der Waals surface area contributed by atoms with E-state index >= 15 is 0 Å². The van der Waals surface area contributed by atoms with Crippen molar-refractivity contribution in [3.63, 3.8) is 0 Å². The van der Waals surface area contributed by atoms with E-state index in [4.69, 9.17) is 4.74 Å². The number of rotatable bonds is 3. The van der Waals surface area contributed by atoms with Crippen LogP contribution < -0.4 is 0 Å². The van der Waals surface area contributed by atoms with Crippen molar-refractivity contribution in [1.82, 2.24) is 0 Å². The highest BCUT2D eigenvalue weighted by atomic mass is 19.2. The first-order valence-corrected chi connectivity index (χ1v) is 7.72. The van der Waals surface area contributed by atoms with Gasteiger partial charge in [-0.1, -0.05) is 24.3 Å². The Hall–Kier alpha value is -2.23. The van der Waals surface area contributed by atoms with E-state index in [1.54, 1.807) is 0 Å². The molecular weight excluding hydrogens is 298 g/mol. The molecule has 0 radical (unpaired) electrons. The van der Waals surface area contributed by atoms with Gasteiger partial charge in [0.05, 0.1) is 7.11 Å². The zero-order valence-corrected chi connectivity index (χ0v) is 12.9. The lowest BCUT2D eigenvalue weighted by molar-refractivity contribution is -0.140. The van der Waals surface area contributed by atoms with Gasteiger partial charge in [0.25, 0.3) is 0 Å². The summed E-state index contributed by atoms with van der Waals surface area (Å²) >= 11 is 0. The Morgan fingerprint density at radius 2 is 1.78 bits per heavy atom. The molecule has 2 aromatic carbocycles. The summed E-state index contributed by atoms with van der Waals surface area (Å²) in [5.41, 5.74) is 3.84. The topological polar surface area (TPSA) is 26.3 Å². The van der Waals surface area contributed by atoms with E-state index in [0.717, 1.165) is 23.1 Å². The molecule has 0 aliphatic heterocycles. The van der Waals surface area contributed by atoms with Crippen LogP contribution in [0.2, 0.25) is 0 Å². The second-order valence-corrected chi connectivity index (χ2v) is 5.83. The van der Waals surface area contributed by atoms with E-state index in [2.05, 4.69) is 0 Å². The van der Waals surface area contributed by atoms with Gasteiger partial charge in [0, 0.05) is 12.3 Å². The summed E-state index contributed by atoms with van der Waals surface area (Å²) < 4.78 is 32.1. The third-order valence-corrected chi connectivity index (χ3v) is 4.52. The zero-order valence-electron chi connectivity index (χ0n) is 12.9. The van der Waals surface area contributed by atoms with Crippen LogP contribution in [0, 0.1) is 11.6 Å². The SMILES string of the molecule is COC(=O)CCC1c2ccccc2CCc2cc(F)c(F)cc21. The standard InChI is InChI=1S/C19H18F2O2/c1-23-19(22)9-8-15-14-5-3-2-4-12(14)6-7-13-10-17(20)18(21)11-16(13)15/h2-5,10-11,15H,6-9H2,1H3. The minimum absolute atomic E-state index is 0.127. The number of halogens is 2. The number of aryl methyl sites for hydroxylation is 2. The number of carbonyl (C=O) groups is 1. The summed E-state index contributed by atoms with van der Waals surface area (Å²) in [5.74, 6) is -2.08. The summed E-state index contributed by atoms with van der Waals surface area (Å²) in [6.45, 7) is 0.